The Morgan fingerprint density at radius 2 is 2.19 bits per heavy atom. The molecule has 0 unspecified atom stereocenters. The van der Waals surface area contributed by atoms with E-state index in [1.54, 1.807) is 13.0 Å². The van der Waals surface area contributed by atoms with Gasteiger partial charge in [-0.15, -0.1) is 0 Å². The lowest BCUT2D eigenvalue weighted by molar-refractivity contribution is -0.0844. The van der Waals surface area contributed by atoms with Crippen molar-refractivity contribution in [1.29, 1.82) is 0 Å². The predicted molar refractivity (Wildman–Crippen MR) is 57.2 cm³/mol. The van der Waals surface area contributed by atoms with Crippen molar-refractivity contribution in [2.45, 2.75) is 31.4 Å². The number of nitrogens with zero attached hydrogens (tertiary/aromatic N) is 1. The highest BCUT2D eigenvalue weighted by molar-refractivity contribution is 5.13. The summed E-state index contributed by atoms with van der Waals surface area (Å²) in [7, 11) is 1.38. The van der Waals surface area contributed by atoms with Gasteiger partial charge in [0, 0.05) is 13.3 Å². The van der Waals surface area contributed by atoms with Gasteiger partial charge in [0.2, 0.25) is 0 Å². The highest BCUT2D eigenvalue weighted by atomic mass is 19.3. The minimum atomic E-state index is -3.18. The van der Waals surface area contributed by atoms with E-state index in [1.807, 2.05) is 0 Å². The van der Waals surface area contributed by atoms with Crippen molar-refractivity contribution in [2.24, 2.45) is 5.73 Å². The van der Waals surface area contributed by atoms with E-state index in [1.165, 1.54) is 25.4 Å². The van der Waals surface area contributed by atoms with Crippen LogP contribution in [0.25, 0.3) is 0 Å². The molecule has 0 spiro atoms. The number of rotatable bonds is 5. The second kappa shape index (κ2) is 5.32. The van der Waals surface area contributed by atoms with Gasteiger partial charge in [0.1, 0.15) is 11.7 Å². The number of alkyl halides is 2. The highest BCUT2D eigenvalue weighted by Gasteiger charge is 2.44. The zero-order chi connectivity index (χ0) is 12.2. The van der Waals surface area contributed by atoms with E-state index in [9.17, 15) is 8.78 Å². The summed E-state index contributed by atoms with van der Waals surface area (Å²) in [6, 6.07) is 2.97. The Morgan fingerprint density at radius 1 is 1.50 bits per heavy atom. The molecule has 0 radical (unpaired) electrons. The smallest absolute Gasteiger partial charge is 0.306 e. The van der Waals surface area contributed by atoms with Gasteiger partial charge in [-0.1, -0.05) is 13.0 Å². The van der Waals surface area contributed by atoms with Crippen molar-refractivity contribution in [2.75, 3.05) is 7.11 Å². The SMILES string of the molecule is CC[C@@H](OC)[C@H](N)C(F)(F)c1ccccn1. The maximum absolute atomic E-state index is 13.9. The Balaban J connectivity index is 2.92. The third-order valence-electron chi connectivity index (χ3n) is 2.53. The zero-order valence-electron chi connectivity index (χ0n) is 9.36. The Kier molecular flexibility index (Phi) is 4.32. The standard InChI is InChI=1S/C11H16F2N2O/c1-3-8(16-2)10(14)11(12,13)9-6-4-5-7-15-9/h4-8,10H,3,14H2,1-2H3/t8-,10+/m1/s1. The van der Waals surface area contributed by atoms with Crippen molar-refractivity contribution in [1.82, 2.24) is 4.98 Å². The fraction of sp³-hybridized carbons (Fsp3) is 0.545. The van der Waals surface area contributed by atoms with Crippen LogP contribution < -0.4 is 5.73 Å². The molecule has 0 aliphatic rings. The highest BCUT2D eigenvalue weighted by Crippen LogP contribution is 2.31. The van der Waals surface area contributed by atoms with Crippen molar-refractivity contribution in [3.63, 3.8) is 0 Å². The van der Waals surface area contributed by atoms with Crippen LogP contribution in [-0.4, -0.2) is 24.2 Å². The summed E-state index contributed by atoms with van der Waals surface area (Å²) in [5.74, 6) is -3.18. The number of pyridine rings is 1. The molecular formula is C11H16F2N2O. The van der Waals surface area contributed by atoms with Crippen LogP contribution in [0, 0.1) is 0 Å². The average Bonchev–Trinajstić information content (AvgIpc) is 2.31. The molecular weight excluding hydrogens is 214 g/mol. The lowest BCUT2D eigenvalue weighted by atomic mass is 9.99. The molecule has 3 nitrogen and oxygen atoms in total. The number of hydrogen-bond acceptors (Lipinski definition) is 3. The molecule has 5 heteroatoms. The minimum absolute atomic E-state index is 0.321. The Bertz CT molecular complexity index is 315. The van der Waals surface area contributed by atoms with Gasteiger partial charge in [-0.3, -0.25) is 4.98 Å². The number of ether oxygens (including phenoxy) is 1. The lowest BCUT2D eigenvalue weighted by Gasteiger charge is -2.28. The van der Waals surface area contributed by atoms with E-state index in [4.69, 9.17) is 10.5 Å². The molecule has 0 aromatic carbocycles. The van der Waals surface area contributed by atoms with Crippen molar-refractivity contribution in [3.05, 3.63) is 30.1 Å². The first kappa shape index (κ1) is 13.0. The fourth-order valence-corrected chi connectivity index (χ4v) is 1.53. The maximum Gasteiger partial charge on any atom is 0.306 e. The third-order valence-corrected chi connectivity index (χ3v) is 2.53. The quantitative estimate of drug-likeness (QED) is 0.840. The number of halogens is 2. The van der Waals surface area contributed by atoms with Crippen LogP contribution in [0.5, 0.6) is 0 Å². The summed E-state index contributed by atoms with van der Waals surface area (Å²) in [6.07, 6.45) is 1.07. The molecule has 0 saturated carbocycles. The van der Waals surface area contributed by atoms with Gasteiger partial charge in [0.15, 0.2) is 0 Å². The first-order valence-electron chi connectivity index (χ1n) is 5.11. The molecule has 0 bridgehead atoms. The summed E-state index contributed by atoms with van der Waals surface area (Å²) in [6.45, 7) is 1.75. The third kappa shape index (κ3) is 2.54. The van der Waals surface area contributed by atoms with Crippen LogP contribution in [0.3, 0.4) is 0 Å². The molecule has 0 fully saturated rings. The summed E-state index contributed by atoms with van der Waals surface area (Å²) in [5, 5.41) is 0. The number of methoxy groups -OCH3 is 1. The molecule has 1 aromatic heterocycles. The molecule has 2 atom stereocenters. The molecule has 0 amide bonds. The van der Waals surface area contributed by atoms with E-state index in [-0.39, 0.29) is 5.69 Å². The molecule has 1 heterocycles. The van der Waals surface area contributed by atoms with Gasteiger partial charge in [-0.25, -0.2) is 0 Å². The second-order valence-corrected chi connectivity index (χ2v) is 3.55. The van der Waals surface area contributed by atoms with E-state index in [0.29, 0.717) is 6.42 Å². The maximum atomic E-state index is 13.9. The van der Waals surface area contributed by atoms with Crippen LogP contribution in [0.15, 0.2) is 24.4 Å². The van der Waals surface area contributed by atoms with E-state index in [2.05, 4.69) is 4.98 Å². The number of nitrogens with two attached hydrogens (primary N) is 1. The average molecular weight is 230 g/mol. The normalized spacial score (nSPS) is 15.8. The molecule has 16 heavy (non-hydrogen) atoms. The Labute approximate surface area is 93.6 Å². The summed E-state index contributed by atoms with van der Waals surface area (Å²) >= 11 is 0. The zero-order valence-corrected chi connectivity index (χ0v) is 9.36. The van der Waals surface area contributed by atoms with Crippen molar-refractivity contribution in [3.8, 4) is 0 Å². The second-order valence-electron chi connectivity index (χ2n) is 3.55. The lowest BCUT2D eigenvalue weighted by Crippen LogP contribution is -2.48. The van der Waals surface area contributed by atoms with Gasteiger partial charge in [-0.2, -0.15) is 8.78 Å². The minimum Gasteiger partial charge on any atom is -0.380 e. The first-order valence-corrected chi connectivity index (χ1v) is 5.11. The van der Waals surface area contributed by atoms with Crippen LogP contribution >= 0.6 is 0 Å². The van der Waals surface area contributed by atoms with E-state index < -0.39 is 18.1 Å². The van der Waals surface area contributed by atoms with Gasteiger partial charge in [-0.05, 0) is 18.6 Å². The first-order chi connectivity index (χ1) is 7.54. The molecule has 0 aliphatic carbocycles. The van der Waals surface area contributed by atoms with Crippen LogP contribution in [0.2, 0.25) is 0 Å². The molecule has 0 saturated heterocycles. The molecule has 2 N–H and O–H groups in total. The largest absolute Gasteiger partial charge is 0.380 e. The summed E-state index contributed by atoms with van der Waals surface area (Å²) in [5.41, 5.74) is 5.21. The van der Waals surface area contributed by atoms with Crippen molar-refractivity contribution >= 4 is 0 Å². The number of aromatic nitrogens is 1. The summed E-state index contributed by atoms with van der Waals surface area (Å²) in [4.78, 5) is 3.64. The number of hydrogen-bond donors (Lipinski definition) is 1. The fourth-order valence-electron chi connectivity index (χ4n) is 1.53. The topological polar surface area (TPSA) is 48.1 Å². The molecule has 1 aromatic rings. The van der Waals surface area contributed by atoms with Crippen LogP contribution in [0.4, 0.5) is 8.78 Å². The molecule has 1 rings (SSSR count). The van der Waals surface area contributed by atoms with Crippen LogP contribution in [0.1, 0.15) is 19.0 Å². The van der Waals surface area contributed by atoms with Gasteiger partial charge in [0.25, 0.3) is 0 Å². The van der Waals surface area contributed by atoms with Gasteiger partial charge < -0.3 is 10.5 Å². The Hall–Kier alpha value is -1.07. The van der Waals surface area contributed by atoms with Crippen molar-refractivity contribution < 1.29 is 13.5 Å². The van der Waals surface area contributed by atoms with Gasteiger partial charge in [0.05, 0.1) is 6.10 Å². The molecule has 90 valence electrons. The predicted octanol–water partition coefficient (Wildman–Crippen LogP) is 1.93. The van der Waals surface area contributed by atoms with E-state index in [0.717, 1.165) is 0 Å². The van der Waals surface area contributed by atoms with Gasteiger partial charge >= 0.3 is 5.92 Å². The molecule has 0 aliphatic heterocycles. The Morgan fingerprint density at radius 3 is 2.62 bits per heavy atom. The summed E-state index contributed by atoms with van der Waals surface area (Å²) < 4.78 is 32.7. The monoisotopic (exact) mass is 230 g/mol. The van der Waals surface area contributed by atoms with Crippen LogP contribution in [-0.2, 0) is 10.7 Å². The van der Waals surface area contributed by atoms with E-state index >= 15 is 0 Å².